The van der Waals surface area contributed by atoms with E-state index in [2.05, 4.69) is 9.72 Å². The van der Waals surface area contributed by atoms with Gasteiger partial charge in [0.2, 0.25) is 0 Å². The lowest BCUT2D eigenvalue weighted by atomic mass is 9.87. The van der Waals surface area contributed by atoms with Crippen molar-refractivity contribution in [2.45, 2.75) is 57.5 Å². The van der Waals surface area contributed by atoms with Crippen LogP contribution in [0.3, 0.4) is 0 Å². The van der Waals surface area contributed by atoms with E-state index in [1.165, 1.54) is 57.7 Å². The molecule has 8 heteroatoms. The SMILES string of the molecule is COC(=O)c1cncc(OC(=O)N2CCC(Oc3ccc(OCCC4CCCCC4)cc3)CC2)c1. The van der Waals surface area contributed by atoms with E-state index in [0.717, 1.165) is 30.4 Å². The summed E-state index contributed by atoms with van der Waals surface area (Å²) >= 11 is 0. The number of esters is 1. The van der Waals surface area contributed by atoms with E-state index in [-0.39, 0.29) is 17.4 Å². The van der Waals surface area contributed by atoms with Gasteiger partial charge >= 0.3 is 12.1 Å². The molecule has 0 N–H and O–H groups in total. The number of nitrogens with zero attached hydrogens (tertiary/aromatic N) is 2. The highest BCUT2D eigenvalue weighted by Gasteiger charge is 2.25. The first kappa shape index (κ1) is 24.8. The van der Waals surface area contributed by atoms with Crippen molar-refractivity contribution in [3.63, 3.8) is 0 Å². The topological polar surface area (TPSA) is 87.2 Å². The number of carbonyl (C=O) groups is 2. The highest BCUT2D eigenvalue weighted by molar-refractivity contribution is 5.89. The van der Waals surface area contributed by atoms with Crippen LogP contribution in [0.4, 0.5) is 4.79 Å². The first-order valence-electron chi connectivity index (χ1n) is 12.5. The van der Waals surface area contributed by atoms with Crippen LogP contribution in [0.2, 0.25) is 0 Å². The van der Waals surface area contributed by atoms with Gasteiger partial charge in [0, 0.05) is 32.1 Å². The van der Waals surface area contributed by atoms with E-state index in [0.29, 0.717) is 25.9 Å². The number of hydrogen-bond acceptors (Lipinski definition) is 7. The molecule has 2 aliphatic rings. The Labute approximate surface area is 206 Å². The molecule has 1 aromatic heterocycles. The molecule has 1 amide bonds. The van der Waals surface area contributed by atoms with Crippen molar-refractivity contribution in [2.75, 3.05) is 26.8 Å². The molecule has 188 valence electrons. The van der Waals surface area contributed by atoms with Gasteiger partial charge in [0.25, 0.3) is 0 Å². The largest absolute Gasteiger partial charge is 0.494 e. The lowest BCUT2D eigenvalue weighted by Gasteiger charge is -2.31. The van der Waals surface area contributed by atoms with Crippen molar-refractivity contribution in [1.82, 2.24) is 9.88 Å². The van der Waals surface area contributed by atoms with E-state index in [4.69, 9.17) is 14.2 Å². The van der Waals surface area contributed by atoms with Crippen molar-refractivity contribution in [3.8, 4) is 17.2 Å². The van der Waals surface area contributed by atoms with Crippen LogP contribution >= 0.6 is 0 Å². The second-order valence-corrected chi connectivity index (χ2v) is 9.19. The normalized spacial score (nSPS) is 17.0. The van der Waals surface area contributed by atoms with Gasteiger partial charge < -0.3 is 23.8 Å². The molecule has 8 nitrogen and oxygen atoms in total. The van der Waals surface area contributed by atoms with Crippen LogP contribution in [0.5, 0.6) is 17.2 Å². The van der Waals surface area contributed by atoms with Crippen molar-refractivity contribution in [2.24, 2.45) is 5.92 Å². The number of aromatic nitrogens is 1. The van der Waals surface area contributed by atoms with Crippen LogP contribution in [0, 0.1) is 5.92 Å². The van der Waals surface area contributed by atoms with E-state index in [9.17, 15) is 9.59 Å². The predicted octanol–water partition coefficient (Wildman–Crippen LogP) is 5.26. The highest BCUT2D eigenvalue weighted by Crippen LogP contribution is 2.27. The summed E-state index contributed by atoms with van der Waals surface area (Å²) in [6.07, 6.45) is 11.6. The zero-order valence-electron chi connectivity index (χ0n) is 20.3. The molecular weight excluding hydrogens is 448 g/mol. The van der Waals surface area contributed by atoms with Crippen molar-refractivity contribution in [1.29, 1.82) is 0 Å². The third kappa shape index (κ3) is 7.34. The molecule has 1 saturated carbocycles. The molecule has 1 aliphatic carbocycles. The molecule has 2 aromatic rings. The number of rotatable bonds is 8. The lowest BCUT2D eigenvalue weighted by molar-refractivity contribution is 0.0599. The molecule has 35 heavy (non-hydrogen) atoms. The molecule has 0 radical (unpaired) electrons. The monoisotopic (exact) mass is 482 g/mol. The number of hydrogen-bond donors (Lipinski definition) is 0. The minimum atomic E-state index is -0.535. The Hall–Kier alpha value is -3.29. The molecule has 1 aliphatic heterocycles. The van der Waals surface area contributed by atoms with Gasteiger partial charge in [0.1, 0.15) is 17.6 Å². The molecule has 4 rings (SSSR count). The van der Waals surface area contributed by atoms with Gasteiger partial charge in [-0.05, 0) is 42.7 Å². The van der Waals surface area contributed by atoms with Gasteiger partial charge in [0.15, 0.2) is 5.75 Å². The zero-order chi connectivity index (χ0) is 24.5. The fraction of sp³-hybridized carbons (Fsp3) is 0.519. The number of methoxy groups -OCH3 is 1. The molecule has 2 heterocycles. The highest BCUT2D eigenvalue weighted by atomic mass is 16.6. The Morgan fingerprint density at radius 1 is 0.943 bits per heavy atom. The Balaban J connectivity index is 1.17. The van der Waals surface area contributed by atoms with Crippen LogP contribution in [0.1, 0.15) is 61.7 Å². The number of likely N-dealkylation sites (tertiary alicyclic amines) is 1. The molecular formula is C27H34N2O6. The van der Waals surface area contributed by atoms with Gasteiger partial charge in [-0.15, -0.1) is 0 Å². The number of benzene rings is 1. The molecule has 0 unspecified atom stereocenters. The smallest absolute Gasteiger partial charge is 0.415 e. The summed E-state index contributed by atoms with van der Waals surface area (Å²) in [6, 6.07) is 9.24. The maximum Gasteiger partial charge on any atom is 0.415 e. The minimum absolute atomic E-state index is 0.0291. The zero-order valence-corrected chi connectivity index (χ0v) is 20.3. The standard InChI is InChI=1S/C27H34N2O6/c1-32-26(30)21-17-25(19-28-18-21)35-27(31)29-14-11-24(12-15-29)34-23-9-7-22(8-10-23)33-16-13-20-5-3-2-4-6-20/h7-10,17-20,24H,2-6,11-16H2,1H3. The van der Waals surface area contributed by atoms with Gasteiger partial charge in [0.05, 0.1) is 25.5 Å². The second kappa shape index (κ2) is 12.4. The van der Waals surface area contributed by atoms with Crippen LogP contribution in [-0.2, 0) is 4.74 Å². The minimum Gasteiger partial charge on any atom is -0.494 e. The molecule has 1 aromatic carbocycles. The van der Waals surface area contributed by atoms with Crippen LogP contribution < -0.4 is 14.2 Å². The maximum atomic E-state index is 12.5. The van der Waals surface area contributed by atoms with Crippen LogP contribution in [0.25, 0.3) is 0 Å². The van der Waals surface area contributed by atoms with E-state index in [1.807, 2.05) is 24.3 Å². The third-order valence-electron chi connectivity index (χ3n) is 6.69. The van der Waals surface area contributed by atoms with Gasteiger partial charge in [-0.1, -0.05) is 32.1 Å². The van der Waals surface area contributed by atoms with Gasteiger partial charge in [-0.25, -0.2) is 9.59 Å². The molecule has 1 saturated heterocycles. The number of ether oxygens (including phenoxy) is 4. The Bertz CT molecular complexity index is 966. The fourth-order valence-electron chi connectivity index (χ4n) is 4.65. The number of piperidine rings is 1. The van der Waals surface area contributed by atoms with E-state index in [1.54, 1.807) is 4.90 Å². The number of amides is 1. The summed E-state index contributed by atoms with van der Waals surface area (Å²) < 4.78 is 22.1. The Morgan fingerprint density at radius 2 is 1.66 bits per heavy atom. The summed E-state index contributed by atoms with van der Waals surface area (Å²) in [5.41, 5.74) is 0.227. The van der Waals surface area contributed by atoms with Crippen molar-refractivity contribution >= 4 is 12.1 Å². The van der Waals surface area contributed by atoms with Crippen LogP contribution in [0.15, 0.2) is 42.7 Å². The number of carbonyl (C=O) groups excluding carboxylic acids is 2. The van der Waals surface area contributed by atoms with Crippen molar-refractivity contribution in [3.05, 3.63) is 48.3 Å². The van der Waals surface area contributed by atoms with E-state index >= 15 is 0 Å². The van der Waals surface area contributed by atoms with E-state index < -0.39 is 12.1 Å². The lowest BCUT2D eigenvalue weighted by Crippen LogP contribution is -2.43. The maximum absolute atomic E-state index is 12.5. The predicted molar refractivity (Wildman–Crippen MR) is 130 cm³/mol. The third-order valence-corrected chi connectivity index (χ3v) is 6.69. The Morgan fingerprint density at radius 3 is 2.37 bits per heavy atom. The summed E-state index contributed by atoms with van der Waals surface area (Å²) in [7, 11) is 1.29. The van der Waals surface area contributed by atoms with Crippen molar-refractivity contribution < 1.29 is 28.5 Å². The van der Waals surface area contributed by atoms with Gasteiger partial charge in [-0.3, -0.25) is 4.98 Å². The second-order valence-electron chi connectivity index (χ2n) is 9.19. The first-order valence-corrected chi connectivity index (χ1v) is 12.5. The summed E-state index contributed by atoms with van der Waals surface area (Å²) in [5, 5.41) is 0. The number of pyridine rings is 1. The first-order chi connectivity index (χ1) is 17.1. The summed E-state index contributed by atoms with van der Waals surface area (Å²) in [5.74, 6) is 2.16. The fourth-order valence-corrected chi connectivity index (χ4v) is 4.65. The summed E-state index contributed by atoms with van der Waals surface area (Å²) in [4.78, 5) is 29.7. The quantitative estimate of drug-likeness (QED) is 0.474. The van der Waals surface area contributed by atoms with Gasteiger partial charge in [-0.2, -0.15) is 0 Å². The van der Waals surface area contributed by atoms with Crippen LogP contribution in [-0.4, -0.2) is 54.9 Å². The average Bonchev–Trinajstić information content (AvgIpc) is 2.90. The summed E-state index contributed by atoms with van der Waals surface area (Å²) in [6.45, 7) is 1.81. The molecule has 2 fully saturated rings. The Kier molecular flexibility index (Phi) is 8.81. The molecule has 0 spiro atoms. The molecule has 0 bridgehead atoms. The molecule has 0 atom stereocenters. The average molecular weight is 483 g/mol.